The van der Waals surface area contributed by atoms with E-state index in [9.17, 15) is 4.79 Å². The summed E-state index contributed by atoms with van der Waals surface area (Å²) in [5.74, 6) is 0.293. The summed E-state index contributed by atoms with van der Waals surface area (Å²) >= 11 is 0. The molecular weight excluding hydrogens is 555 g/mol. The minimum atomic E-state index is -0.169. The van der Waals surface area contributed by atoms with Gasteiger partial charge in [-0.2, -0.15) is 0 Å². The van der Waals surface area contributed by atoms with Crippen molar-refractivity contribution in [2.45, 2.75) is 95.4 Å². The van der Waals surface area contributed by atoms with Crippen molar-refractivity contribution in [2.24, 2.45) is 10.4 Å². The first-order valence-electron chi connectivity index (χ1n) is 16.8. The molecule has 1 unspecified atom stereocenters. The van der Waals surface area contributed by atoms with Gasteiger partial charge in [0.2, 0.25) is 5.91 Å². The predicted octanol–water partition coefficient (Wildman–Crippen LogP) is 4.06. The first-order chi connectivity index (χ1) is 20.7. The van der Waals surface area contributed by atoms with E-state index in [4.69, 9.17) is 9.73 Å². The molecule has 1 aromatic carbocycles. The van der Waals surface area contributed by atoms with Crippen LogP contribution in [0.1, 0.15) is 70.8 Å². The quantitative estimate of drug-likeness (QED) is 0.301. The van der Waals surface area contributed by atoms with Crippen LogP contribution in [-0.4, -0.2) is 121 Å². The van der Waals surface area contributed by atoms with Gasteiger partial charge < -0.3 is 24.8 Å². The zero-order valence-corrected chi connectivity index (χ0v) is 28.4. The molecule has 5 rings (SSSR count). The fourth-order valence-corrected chi connectivity index (χ4v) is 8.00. The van der Waals surface area contributed by atoms with E-state index in [2.05, 4.69) is 92.4 Å². The number of carbonyl (C=O) groups is 1. The Bertz CT molecular complexity index is 1070. The third kappa shape index (κ3) is 8.71. The zero-order valence-electron chi connectivity index (χ0n) is 27.3. The van der Waals surface area contributed by atoms with Gasteiger partial charge in [0.1, 0.15) is 6.61 Å². The molecule has 1 spiro atoms. The number of nitrogens with zero attached hydrogens (tertiary/aromatic N) is 5. The molecule has 0 radical (unpaired) electrons. The van der Waals surface area contributed by atoms with Gasteiger partial charge in [-0.1, -0.05) is 36.8 Å². The summed E-state index contributed by atoms with van der Waals surface area (Å²) in [7, 11) is 7.15. The van der Waals surface area contributed by atoms with Crippen molar-refractivity contribution < 1.29 is 9.53 Å². The SMILES string of the molecule is CN(C)CCCC[C@@H](NC1CCC2(CC1)CCN(Cc1ccccc1)C2)C(=O)N1CCN(C2=NC(C)(C)CO2)C[C@H]1CP. The minimum absolute atomic E-state index is 0.107. The lowest BCUT2D eigenvalue weighted by Gasteiger charge is -2.44. The maximum Gasteiger partial charge on any atom is 0.288 e. The van der Waals surface area contributed by atoms with E-state index in [-0.39, 0.29) is 17.6 Å². The third-order valence-corrected chi connectivity index (χ3v) is 10.7. The second-order valence-corrected chi connectivity index (χ2v) is 15.1. The number of piperazine rings is 1. The van der Waals surface area contributed by atoms with Crippen molar-refractivity contribution in [3.05, 3.63) is 35.9 Å². The lowest BCUT2D eigenvalue weighted by atomic mass is 9.72. The summed E-state index contributed by atoms with van der Waals surface area (Å²) in [6.45, 7) is 11.7. The molecule has 9 heteroatoms. The van der Waals surface area contributed by atoms with Gasteiger partial charge in [0.05, 0.1) is 17.6 Å². The van der Waals surface area contributed by atoms with E-state index in [1.165, 1.54) is 50.8 Å². The molecule has 1 aromatic rings. The number of hydrogen-bond acceptors (Lipinski definition) is 7. The molecule has 2 saturated heterocycles. The highest BCUT2D eigenvalue weighted by atomic mass is 31.0. The molecular formula is C34H57N6O2P. The average molecular weight is 613 g/mol. The summed E-state index contributed by atoms with van der Waals surface area (Å²) in [4.78, 5) is 28.3. The van der Waals surface area contributed by atoms with Gasteiger partial charge in [0.25, 0.3) is 6.02 Å². The standard InChI is InChI=1S/C34H57N6O2P/c1-33(2)26-42-32(36-33)39-20-21-40(29(23-39)24-43)31(41)30(12-8-9-18-37(3)4)35-28-13-15-34(16-14-28)17-19-38(25-34)22-27-10-6-5-7-11-27/h5-7,10-11,28-30,35H,8-9,12-26,43H2,1-4H3/t28?,29-,30+,34?/m0/s1. The van der Waals surface area contributed by atoms with Gasteiger partial charge in [-0.25, -0.2) is 4.99 Å². The number of amides is 1. The smallest absolute Gasteiger partial charge is 0.288 e. The molecule has 4 aliphatic rings. The highest BCUT2D eigenvalue weighted by molar-refractivity contribution is 7.16. The van der Waals surface area contributed by atoms with Crippen LogP contribution in [0.4, 0.5) is 0 Å². The molecule has 1 saturated carbocycles. The Kier molecular flexibility index (Phi) is 11.1. The number of nitrogens with one attached hydrogen (secondary N) is 1. The summed E-state index contributed by atoms with van der Waals surface area (Å²) in [6, 6.07) is 12.1. The molecule has 3 atom stereocenters. The maximum absolute atomic E-state index is 14.2. The molecule has 8 nitrogen and oxygen atoms in total. The van der Waals surface area contributed by atoms with Crippen LogP contribution >= 0.6 is 9.24 Å². The van der Waals surface area contributed by atoms with Crippen molar-refractivity contribution >= 4 is 21.2 Å². The van der Waals surface area contributed by atoms with Crippen LogP contribution in [0.15, 0.2) is 35.3 Å². The number of likely N-dealkylation sites (tertiary alicyclic amines) is 1. The van der Waals surface area contributed by atoms with Crippen LogP contribution in [0.3, 0.4) is 0 Å². The van der Waals surface area contributed by atoms with Crippen molar-refractivity contribution in [3.8, 4) is 0 Å². The van der Waals surface area contributed by atoms with Crippen molar-refractivity contribution in [3.63, 3.8) is 0 Å². The van der Waals surface area contributed by atoms with Crippen molar-refractivity contribution in [2.75, 3.05) is 66.1 Å². The number of carbonyl (C=O) groups excluding carboxylic acids is 1. The molecule has 1 aliphatic carbocycles. The molecule has 0 aromatic heterocycles. The normalized spacial score (nSPS) is 28.4. The van der Waals surface area contributed by atoms with Gasteiger partial charge in [0, 0.05) is 38.8 Å². The number of benzene rings is 1. The zero-order chi connectivity index (χ0) is 30.5. The van der Waals surface area contributed by atoms with E-state index in [0.717, 1.165) is 64.2 Å². The fourth-order valence-electron chi connectivity index (χ4n) is 7.60. The van der Waals surface area contributed by atoms with Gasteiger partial charge in [-0.05, 0) is 103 Å². The molecule has 1 N–H and O–H groups in total. The van der Waals surface area contributed by atoms with Gasteiger partial charge in [-0.3, -0.25) is 9.69 Å². The van der Waals surface area contributed by atoms with E-state index in [1.807, 2.05) is 0 Å². The Morgan fingerprint density at radius 3 is 2.56 bits per heavy atom. The number of rotatable bonds is 11. The summed E-state index contributed by atoms with van der Waals surface area (Å²) in [5.41, 5.74) is 1.71. The average Bonchev–Trinajstić information content (AvgIpc) is 3.57. The highest BCUT2D eigenvalue weighted by Gasteiger charge is 2.42. The second-order valence-electron chi connectivity index (χ2n) is 14.6. The second kappa shape index (κ2) is 14.6. The van der Waals surface area contributed by atoms with Crippen LogP contribution in [0.5, 0.6) is 0 Å². The first kappa shape index (κ1) is 32.7. The fraction of sp³-hybridized carbons (Fsp3) is 0.765. The van der Waals surface area contributed by atoms with E-state index >= 15 is 0 Å². The summed E-state index contributed by atoms with van der Waals surface area (Å²) in [5, 5.41) is 3.93. The third-order valence-electron chi connectivity index (χ3n) is 10.2. The Morgan fingerprint density at radius 1 is 1.12 bits per heavy atom. The lowest BCUT2D eigenvalue weighted by Crippen LogP contribution is -2.61. The number of ether oxygens (including phenoxy) is 1. The van der Waals surface area contributed by atoms with E-state index in [0.29, 0.717) is 24.0 Å². The number of aliphatic imine (C=N–C) groups is 1. The van der Waals surface area contributed by atoms with Crippen LogP contribution in [-0.2, 0) is 16.1 Å². The van der Waals surface area contributed by atoms with Crippen molar-refractivity contribution in [1.29, 1.82) is 0 Å². The molecule has 3 fully saturated rings. The number of amidine groups is 1. The van der Waals surface area contributed by atoms with E-state index < -0.39 is 0 Å². The molecule has 0 bridgehead atoms. The Labute approximate surface area is 263 Å². The molecule has 240 valence electrons. The van der Waals surface area contributed by atoms with E-state index in [1.54, 1.807) is 0 Å². The van der Waals surface area contributed by atoms with Crippen LogP contribution in [0.2, 0.25) is 0 Å². The van der Waals surface area contributed by atoms with Gasteiger partial charge >= 0.3 is 0 Å². The molecule has 3 aliphatic heterocycles. The van der Waals surface area contributed by atoms with Crippen LogP contribution in [0, 0.1) is 5.41 Å². The largest absolute Gasteiger partial charge is 0.463 e. The topological polar surface area (TPSA) is 63.7 Å². The maximum atomic E-state index is 14.2. The monoisotopic (exact) mass is 612 g/mol. The summed E-state index contributed by atoms with van der Waals surface area (Å²) < 4.78 is 5.95. The van der Waals surface area contributed by atoms with Crippen LogP contribution in [0.25, 0.3) is 0 Å². The first-order valence-corrected chi connectivity index (χ1v) is 17.6. The van der Waals surface area contributed by atoms with Crippen LogP contribution < -0.4 is 5.32 Å². The summed E-state index contributed by atoms with van der Waals surface area (Å²) in [6.07, 6.45) is 10.2. The Morgan fingerprint density at radius 2 is 1.88 bits per heavy atom. The number of unbranched alkanes of at least 4 members (excludes halogenated alkanes) is 1. The Balaban J connectivity index is 1.17. The van der Waals surface area contributed by atoms with Gasteiger partial charge in [-0.15, -0.1) is 9.24 Å². The predicted molar refractivity (Wildman–Crippen MR) is 179 cm³/mol. The molecule has 1 amide bonds. The molecule has 43 heavy (non-hydrogen) atoms. The number of hydrogen-bond donors (Lipinski definition) is 1. The minimum Gasteiger partial charge on any atom is -0.463 e. The van der Waals surface area contributed by atoms with Gasteiger partial charge in [0.15, 0.2) is 0 Å². The molecule has 3 heterocycles. The van der Waals surface area contributed by atoms with Crippen molar-refractivity contribution in [1.82, 2.24) is 24.9 Å². The Hall–Kier alpha value is -1.73. The lowest BCUT2D eigenvalue weighted by molar-refractivity contribution is -0.138. The highest BCUT2D eigenvalue weighted by Crippen LogP contribution is 2.44.